The molecule has 1 aromatic carbocycles. The number of anilines is 2. The highest BCUT2D eigenvalue weighted by Crippen LogP contribution is 2.38. The van der Waals surface area contributed by atoms with Gasteiger partial charge in [0.2, 0.25) is 0 Å². The van der Waals surface area contributed by atoms with Gasteiger partial charge in [-0.15, -0.1) is 0 Å². The van der Waals surface area contributed by atoms with Crippen molar-refractivity contribution in [2.24, 2.45) is 0 Å². The Morgan fingerprint density at radius 2 is 1.62 bits per heavy atom. The number of ether oxygens (including phenoxy) is 1. The molecule has 4 heterocycles. The molecule has 0 radical (unpaired) electrons. The van der Waals surface area contributed by atoms with Crippen molar-refractivity contribution in [3.8, 4) is 0 Å². The number of benzene rings is 1. The number of aromatic nitrogens is 1. The lowest BCUT2D eigenvalue weighted by atomic mass is 9.97. The SMILES string of the molecule is C[C@H](NC(=O)c1ccc(N2[C@@H]3CC[C@H]2C[C@@H](NC(=O)OC(C)(C)C)C3)nc1)c1ccc(N2CCN(C)CC2)cc1. The maximum atomic E-state index is 13.0. The van der Waals surface area contributed by atoms with Crippen LogP contribution in [0.2, 0.25) is 0 Å². The zero-order valence-electron chi connectivity index (χ0n) is 24.5. The Morgan fingerprint density at radius 1 is 0.975 bits per heavy atom. The summed E-state index contributed by atoms with van der Waals surface area (Å²) in [6.45, 7) is 11.9. The Kier molecular flexibility index (Phi) is 8.21. The first-order chi connectivity index (χ1) is 19.1. The van der Waals surface area contributed by atoms with E-state index in [1.807, 2.05) is 39.8 Å². The predicted octanol–water partition coefficient (Wildman–Crippen LogP) is 4.35. The van der Waals surface area contributed by atoms with E-state index in [0.717, 1.165) is 63.2 Å². The van der Waals surface area contributed by atoms with Crippen molar-refractivity contribution in [2.45, 2.75) is 83.1 Å². The van der Waals surface area contributed by atoms with Crippen LogP contribution in [0, 0.1) is 0 Å². The molecule has 3 fully saturated rings. The van der Waals surface area contributed by atoms with E-state index in [1.165, 1.54) is 5.69 Å². The summed E-state index contributed by atoms with van der Waals surface area (Å²) in [5.41, 5.74) is 2.36. The summed E-state index contributed by atoms with van der Waals surface area (Å²) in [5.74, 6) is 0.769. The molecule has 216 valence electrons. The average Bonchev–Trinajstić information content (AvgIpc) is 3.18. The second-order valence-electron chi connectivity index (χ2n) is 12.6. The third-order valence-corrected chi connectivity index (χ3v) is 8.34. The van der Waals surface area contributed by atoms with Gasteiger partial charge in [0.1, 0.15) is 11.4 Å². The first-order valence-corrected chi connectivity index (χ1v) is 14.6. The number of fused-ring (bicyclic) bond motifs is 2. The maximum absolute atomic E-state index is 13.0. The zero-order chi connectivity index (χ0) is 28.4. The van der Waals surface area contributed by atoms with Gasteiger partial charge < -0.3 is 30.1 Å². The van der Waals surface area contributed by atoms with Crippen LogP contribution in [0.5, 0.6) is 0 Å². The van der Waals surface area contributed by atoms with Crippen molar-refractivity contribution < 1.29 is 14.3 Å². The van der Waals surface area contributed by atoms with Gasteiger partial charge in [-0.2, -0.15) is 0 Å². The minimum atomic E-state index is -0.505. The lowest BCUT2D eigenvalue weighted by molar-refractivity contribution is 0.0492. The lowest BCUT2D eigenvalue weighted by Gasteiger charge is -2.40. The Hall–Kier alpha value is -3.33. The number of hydrogen-bond acceptors (Lipinski definition) is 7. The number of carbonyl (C=O) groups excluding carboxylic acids is 2. The Morgan fingerprint density at radius 3 is 2.20 bits per heavy atom. The van der Waals surface area contributed by atoms with Gasteiger partial charge in [-0.25, -0.2) is 9.78 Å². The van der Waals surface area contributed by atoms with E-state index in [2.05, 4.69) is 56.6 Å². The van der Waals surface area contributed by atoms with Crippen LogP contribution in [0.3, 0.4) is 0 Å². The molecule has 5 rings (SSSR count). The van der Waals surface area contributed by atoms with Crippen LogP contribution in [0.4, 0.5) is 16.3 Å². The summed E-state index contributed by atoms with van der Waals surface area (Å²) in [4.78, 5) is 37.1. The Balaban J connectivity index is 1.14. The number of nitrogens with zero attached hydrogens (tertiary/aromatic N) is 4. The largest absolute Gasteiger partial charge is 0.444 e. The van der Waals surface area contributed by atoms with Crippen LogP contribution < -0.4 is 20.4 Å². The first-order valence-electron chi connectivity index (χ1n) is 14.6. The van der Waals surface area contributed by atoms with E-state index >= 15 is 0 Å². The van der Waals surface area contributed by atoms with E-state index in [-0.39, 0.29) is 24.1 Å². The van der Waals surface area contributed by atoms with Crippen molar-refractivity contribution >= 4 is 23.5 Å². The molecule has 2 amide bonds. The summed E-state index contributed by atoms with van der Waals surface area (Å²) in [6.07, 6.45) is 5.21. The molecule has 9 heteroatoms. The number of alkyl carbamates (subject to hydrolysis) is 1. The highest BCUT2D eigenvalue weighted by atomic mass is 16.6. The van der Waals surface area contributed by atoms with Crippen molar-refractivity contribution in [1.29, 1.82) is 0 Å². The molecular weight excluding hydrogens is 504 g/mol. The molecule has 1 aromatic heterocycles. The van der Waals surface area contributed by atoms with Gasteiger partial charge in [0.15, 0.2) is 0 Å². The predicted molar refractivity (Wildman–Crippen MR) is 158 cm³/mol. The standard InChI is InChI=1S/C31H44N6O3/c1-21(22-6-9-25(10-7-22)36-16-14-35(5)15-17-36)33-29(38)23-8-13-28(32-20-23)37-26-11-12-27(37)19-24(18-26)34-30(39)40-31(2,3)4/h6-10,13,20-21,24,26-27H,11-12,14-19H2,1-5H3,(H,33,38)(H,34,39)/t21-,24-,26+,27-/m0/s1. The third kappa shape index (κ3) is 6.69. The van der Waals surface area contributed by atoms with Gasteiger partial charge in [-0.3, -0.25) is 4.79 Å². The highest BCUT2D eigenvalue weighted by Gasteiger charge is 2.42. The van der Waals surface area contributed by atoms with Gasteiger partial charge >= 0.3 is 6.09 Å². The summed E-state index contributed by atoms with van der Waals surface area (Å²) in [5, 5.41) is 6.18. The summed E-state index contributed by atoms with van der Waals surface area (Å²) < 4.78 is 5.45. The highest BCUT2D eigenvalue weighted by molar-refractivity contribution is 5.94. The number of piperidine rings is 1. The van der Waals surface area contributed by atoms with Crippen molar-refractivity contribution in [1.82, 2.24) is 20.5 Å². The van der Waals surface area contributed by atoms with E-state index in [1.54, 1.807) is 6.20 Å². The van der Waals surface area contributed by atoms with Crippen LogP contribution in [0.25, 0.3) is 0 Å². The average molecular weight is 549 g/mol. The molecule has 0 aliphatic carbocycles. The fourth-order valence-corrected chi connectivity index (χ4v) is 6.22. The minimum absolute atomic E-state index is 0.103. The topological polar surface area (TPSA) is 90.0 Å². The molecule has 3 aliphatic heterocycles. The molecule has 3 aliphatic rings. The smallest absolute Gasteiger partial charge is 0.407 e. The normalized spacial score (nSPS) is 24.0. The van der Waals surface area contributed by atoms with Crippen molar-refractivity contribution in [2.75, 3.05) is 43.0 Å². The van der Waals surface area contributed by atoms with Crippen LogP contribution >= 0.6 is 0 Å². The maximum Gasteiger partial charge on any atom is 0.407 e. The van der Waals surface area contributed by atoms with Gasteiger partial charge in [0.25, 0.3) is 5.91 Å². The van der Waals surface area contributed by atoms with Gasteiger partial charge in [0.05, 0.1) is 11.6 Å². The quantitative estimate of drug-likeness (QED) is 0.555. The minimum Gasteiger partial charge on any atom is -0.444 e. The van der Waals surface area contributed by atoms with Crippen LogP contribution in [0.15, 0.2) is 42.6 Å². The summed E-state index contributed by atoms with van der Waals surface area (Å²) in [7, 11) is 2.16. The number of amides is 2. The van der Waals surface area contributed by atoms with Crippen LogP contribution in [-0.4, -0.2) is 78.8 Å². The van der Waals surface area contributed by atoms with Gasteiger partial charge in [-0.1, -0.05) is 12.1 Å². The summed E-state index contributed by atoms with van der Waals surface area (Å²) in [6, 6.07) is 13.0. The molecule has 2 N–H and O–H groups in total. The lowest BCUT2D eigenvalue weighted by Crippen LogP contribution is -2.51. The third-order valence-electron chi connectivity index (χ3n) is 8.34. The van der Waals surface area contributed by atoms with Gasteiger partial charge in [0, 0.05) is 56.2 Å². The number of rotatable bonds is 6. The van der Waals surface area contributed by atoms with E-state index in [9.17, 15) is 9.59 Å². The number of carbonyl (C=O) groups is 2. The Labute approximate surface area is 238 Å². The second-order valence-corrected chi connectivity index (χ2v) is 12.6. The molecule has 3 saturated heterocycles. The Bertz CT molecular complexity index is 1160. The van der Waals surface area contributed by atoms with Crippen molar-refractivity contribution in [3.05, 3.63) is 53.7 Å². The molecular formula is C31H44N6O3. The van der Waals surface area contributed by atoms with E-state index < -0.39 is 5.60 Å². The van der Waals surface area contributed by atoms with Gasteiger partial charge in [-0.05, 0) is 90.3 Å². The molecule has 9 nitrogen and oxygen atoms in total. The molecule has 2 bridgehead atoms. The fraction of sp³-hybridized carbons (Fsp3) is 0.581. The molecule has 4 atom stereocenters. The number of likely N-dealkylation sites (N-methyl/N-ethyl adjacent to an activating group) is 1. The van der Waals surface area contributed by atoms with Crippen molar-refractivity contribution in [3.63, 3.8) is 0 Å². The first kappa shape index (κ1) is 28.2. The number of pyridine rings is 1. The molecule has 40 heavy (non-hydrogen) atoms. The zero-order valence-corrected chi connectivity index (χ0v) is 24.5. The second kappa shape index (κ2) is 11.6. The number of hydrogen-bond donors (Lipinski definition) is 2. The molecule has 0 spiro atoms. The van der Waals surface area contributed by atoms with Crippen LogP contribution in [0.1, 0.15) is 75.3 Å². The molecule has 0 saturated carbocycles. The number of nitrogens with one attached hydrogen (secondary N) is 2. The molecule has 0 unspecified atom stereocenters. The molecule has 2 aromatic rings. The van der Waals surface area contributed by atoms with E-state index in [0.29, 0.717) is 17.6 Å². The van der Waals surface area contributed by atoms with E-state index in [4.69, 9.17) is 9.72 Å². The van der Waals surface area contributed by atoms with Crippen LogP contribution in [-0.2, 0) is 4.74 Å². The number of piperazine rings is 1. The fourth-order valence-electron chi connectivity index (χ4n) is 6.22. The summed E-state index contributed by atoms with van der Waals surface area (Å²) >= 11 is 0. The monoisotopic (exact) mass is 548 g/mol.